The number of alkyl halides is 6. The summed E-state index contributed by atoms with van der Waals surface area (Å²) in [5.41, 5.74) is -6.66. The molecule has 0 aliphatic heterocycles. The molecule has 1 rings (SSSR count). The molecule has 0 aromatic heterocycles. The number of hydrogen-bond acceptors (Lipinski definition) is 5. The minimum atomic E-state index is -6.37. The summed E-state index contributed by atoms with van der Waals surface area (Å²) in [6.07, 6.45) is -7.54. The average Bonchev–Trinajstić information content (AvgIpc) is 2.62. The molecule has 0 heterocycles. The number of carbonyl (C=O) groups is 2. The lowest BCUT2D eigenvalue weighted by Gasteiger charge is -2.41. The van der Waals surface area contributed by atoms with Gasteiger partial charge in [0.25, 0.3) is 0 Å². The second-order valence-corrected chi connectivity index (χ2v) is 6.86. The van der Waals surface area contributed by atoms with E-state index < -0.39 is 42.1 Å². The first-order valence-corrected chi connectivity index (χ1v) is 9.00. The van der Waals surface area contributed by atoms with E-state index in [0.717, 1.165) is 32.1 Å². The van der Waals surface area contributed by atoms with Crippen molar-refractivity contribution in [3.05, 3.63) is 0 Å². The van der Waals surface area contributed by atoms with Crippen LogP contribution in [0.2, 0.25) is 0 Å². The fourth-order valence-corrected chi connectivity index (χ4v) is 3.56. The van der Waals surface area contributed by atoms with Crippen LogP contribution in [-0.4, -0.2) is 47.2 Å². The molecule has 0 aromatic rings. The number of aliphatic hydroxyl groups is 1. The number of ether oxygens (including phenoxy) is 2. The Bertz CT molecular complexity index is 533. The largest absolute Gasteiger partial charge is 0.456 e. The molecule has 0 amide bonds. The molecule has 0 aromatic carbocycles. The van der Waals surface area contributed by atoms with Gasteiger partial charge in [0.1, 0.15) is 5.60 Å². The van der Waals surface area contributed by atoms with Crippen LogP contribution in [0, 0.1) is 5.92 Å². The standard InChI is InChI=1S/C17H24F6O5/c1-3-14(4-2,11-8-6-5-7-9-11)28-12(24)10-27-13(25)15(26,16(18,19)20)17(21,22)23/h11,26H,3-10H2,1-2H3. The van der Waals surface area contributed by atoms with E-state index in [9.17, 15) is 35.9 Å². The topological polar surface area (TPSA) is 72.8 Å². The van der Waals surface area contributed by atoms with E-state index in [-0.39, 0.29) is 5.92 Å². The molecule has 1 N–H and O–H groups in total. The van der Waals surface area contributed by atoms with Gasteiger partial charge in [0.05, 0.1) is 0 Å². The third kappa shape index (κ3) is 4.90. The van der Waals surface area contributed by atoms with Crippen molar-refractivity contribution in [2.45, 2.75) is 82.3 Å². The molecule has 0 unspecified atom stereocenters. The van der Waals surface area contributed by atoms with Crippen molar-refractivity contribution in [1.29, 1.82) is 0 Å². The second kappa shape index (κ2) is 8.87. The maximum atomic E-state index is 12.6. The normalized spacial score (nSPS) is 17.3. The molecular weight excluding hydrogens is 398 g/mol. The van der Waals surface area contributed by atoms with Gasteiger partial charge >= 0.3 is 29.9 Å². The summed E-state index contributed by atoms with van der Waals surface area (Å²) in [6.45, 7) is 2.04. The first-order valence-electron chi connectivity index (χ1n) is 9.00. The van der Waals surface area contributed by atoms with E-state index in [1.165, 1.54) is 0 Å². The molecule has 164 valence electrons. The van der Waals surface area contributed by atoms with E-state index in [1.54, 1.807) is 13.8 Å². The molecule has 0 radical (unpaired) electrons. The molecule has 0 spiro atoms. The first-order chi connectivity index (χ1) is 12.7. The van der Waals surface area contributed by atoms with Crippen molar-refractivity contribution < 1.29 is 50.5 Å². The average molecular weight is 422 g/mol. The van der Waals surface area contributed by atoms with E-state index in [1.807, 2.05) is 0 Å². The molecule has 1 fully saturated rings. The lowest BCUT2D eigenvalue weighted by atomic mass is 9.74. The maximum Gasteiger partial charge on any atom is 0.437 e. The van der Waals surface area contributed by atoms with Crippen LogP contribution in [-0.2, 0) is 19.1 Å². The molecule has 28 heavy (non-hydrogen) atoms. The van der Waals surface area contributed by atoms with Crippen LogP contribution >= 0.6 is 0 Å². The third-order valence-corrected chi connectivity index (χ3v) is 5.30. The van der Waals surface area contributed by atoms with Crippen molar-refractivity contribution in [3.8, 4) is 0 Å². The molecule has 1 aliphatic rings. The van der Waals surface area contributed by atoms with Crippen molar-refractivity contribution in [2.24, 2.45) is 5.92 Å². The number of hydrogen-bond donors (Lipinski definition) is 1. The van der Waals surface area contributed by atoms with Crippen LogP contribution in [0.3, 0.4) is 0 Å². The highest BCUT2D eigenvalue weighted by Gasteiger charge is 2.76. The maximum absolute atomic E-state index is 12.6. The number of carbonyl (C=O) groups excluding carboxylic acids is 2. The highest BCUT2D eigenvalue weighted by molar-refractivity contribution is 5.84. The Balaban J connectivity index is 2.85. The highest BCUT2D eigenvalue weighted by atomic mass is 19.4. The molecule has 11 heteroatoms. The van der Waals surface area contributed by atoms with Crippen molar-refractivity contribution >= 4 is 11.9 Å². The third-order valence-electron chi connectivity index (χ3n) is 5.30. The summed E-state index contributed by atoms with van der Waals surface area (Å²) < 4.78 is 84.9. The summed E-state index contributed by atoms with van der Waals surface area (Å²) in [4.78, 5) is 23.4. The fourth-order valence-electron chi connectivity index (χ4n) is 3.56. The minimum Gasteiger partial charge on any atom is -0.456 e. The molecule has 0 atom stereocenters. The van der Waals surface area contributed by atoms with Gasteiger partial charge in [-0.05, 0) is 31.6 Å². The van der Waals surface area contributed by atoms with Gasteiger partial charge in [0, 0.05) is 0 Å². The second-order valence-electron chi connectivity index (χ2n) is 6.86. The van der Waals surface area contributed by atoms with Crippen LogP contribution < -0.4 is 0 Å². The summed E-state index contributed by atoms with van der Waals surface area (Å²) >= 11 is 0. The summed E-state index contributed by atoms with van der Waals surface area (Å²) in [5, 5.41) is 8.92. The molecule has 1 aliphatic carbocycles. The molecular formula is C17H24F6O5. The van der Waals surface area contributed by atoms with Gasteiger partial charge < -0.3 is 14.6 Å². The number of rotatable bonds is 7. The zero-order valence-corrected chi connectivity index (χ0v) is 15.6. The minimum absolute atomic E-state index is 0.00168. The molecule has 5 nitrogen and oxygen atoms in total. The zero-order chi connectivity index (χ0) is 21.8. The van der Waals surface area contributed by atoms with Crippen LogP contribution in [0.4, 0.5) is 26.3 Å². The SMILES string of the molecule is CCC(CC)(OC(=O)COC(=O)C(O)(C(F)(F)F)C(F)(F)F)C1CCCCC1. The van der Waals surface area contributed by atoms with Crippen LogP contribution in [0.5, 0.6) is 0 Å². The Kier molecular flexibility index (Phi) is 7.77. The van der Waals surface area contributed by atoms with E-state index in [0.29, 0.717) is 12.8 Å². The number of esters is 2. The highest BCUT2D eigenvalue weighted by Crippen LogP contribution is 2.44. The zero-order valence-electron chi connectivity index (χ0n) is 15.6. The smallest absolute Gasteiger partial charge is 0.437 e. The van der Waals surface area contributed by atoms with E-state index in [2.05, 4.69) is 4.74 Å². The Hall–Kier alpha value is -1.52. The van der Waals surface area contributed by atoms with Gasteiger partial charge in [0.15, 0.2) is 6.61 Å². The predicted octanol–water partition coefficient (Wildman–Crippen LogP) is 4.07. The Morgan fingerprint density at radius 2 is 1.39 bits per heavy atom. The summed E-state index contributed by atoms with van der Waals surface area (Å²) in [5.74, 6) is -4.30. The molecule has 0 saturated heterocycles. The molecule has 1 saturated carbocycles. The molecule has 0 bridgehead atoms. The summed E-state index contributed by atoms with van der Waals surface area (Å²) in [6, 6.07) is 0. The Morgan fingerprint density at radius 1 is 0.929 bits per heavy atom. The lowest BCUT2D eigenvalue weighted by Crippen LogP contribution is -2.63. The van der Waals surface area contributed by atoms with Gasteiger partial charge in [-0.3, -0.25) is 0 Å². The Morgan fingerprint density at radius 3 is 1.79 bits per heavy atom. The lowest BCUT2D eigenvalue weighted by molar-refractivity contribution is -0.356. The summed E-state index contributed by atoms with van der Waals surface area (Å²) in [7, 11) is 0. The first kappa shape index (κ1) is 24.5. The van der Waals surface area contributed by atoms with Gasteiger partial charge in [-0.2, -0.15) is 26.3 Å². The van der Waals surface area contributed by atoms with E-state index in [4.69, 9.17) is 9.84 Å². The fraction of sp³-hybridized carbons (Fsp3) is 0.882. The van der Waals surface area contributed by atoms with Crippen LogP contribution in [0.1, 0.15) is 58.8 Å². The van der Waals surface area contributed by atoms with Gasteiger partial charge in [-0.25, -0.2) is 9.59 Å². The monoisotopic (exact) mass is 422 g/mol. The van der Waals surface area contributed by atoms with Crippen molar-refractivity contribution in [2.75, 3.05) is 6.61 Å². The van der Waals surface area contributed by atoms with Crippen LogP contribution in [0.25, 0.3) is 0 Å². The van der Waals surface area contributed by atoms with Crippen molar-refractivity contribution in [3.63, 3.8) is 0 Å². The quantitative estimate of drug-likeness (QED) is 0.495. The van der Waals surface area contributed by atoms with Gasteiger partial charge in [-0.15, -0.1) is 0 Å². The predicted molar refractivity (Wildman–Crippen MR) is 84.0 cm³/mol. The van der Waals surface area contributed by atoms with Gasteiger partial charge in [-0.1, -0.05) is 33.1 Å². The Labute approximate surface area is 158 Å². The number of halogens is 6. The van der Waals surface area contributed by atoms with E-state index >= 15 is 0 Å². The van der Waals surface area contributed by atoms with Gasteiger partial charge in [0.2, 0.25) is 0 Å². The van der Waals surface area contributed by atoms with Crippen LogP contribution in [0.15, 0.2) is 0 Å². The van der Waals surface area contributed by atoms with Crippen molar-refractivity contribution in [1.82, 2.24) is 0 Å².